The Bertz CT molecular complexity index is 314. The van der Waals surface area contributed by atoms with Crippen LogP contribution in [-0.4, -0.2) is 11.7 Å². The van der Waals surface area contributed by atoms with Gasteiger partial charge >= 0.3 is 6.11 Å². The van der Waals surface area contributed by atoms with Crippen LogP contribution in [0.1, 0.15) is 5.56 Å². The quantitative estimate of drug-likeness (QED) is 0.744. The average molecular weight is 259 g/mol. The SMILES string of the molecule is FC(Cl)C(F)(F)Oc1ccc(CCl)cc1. The first-order chi connectivity index (χ1) is 6.95. The fraction of sp³-hybridized carbons (Fsp3) is 0.333. The summed E-state index contributed by atoms with van der Waals surface area (Å²) in [6.07, 6.45) is -4.04. The van der Waals surface area contributed by atoms with Crippen molar-refractivity contribution in [3.63, 3.8) is 0 Å². The van der Waals surface area contributed by atoms with Crippen molar-refractivity contribution in [2.45, 2.75) is 17.6 Å². The van der Waals surface area contributed by atoms with E-state index in [0.29, 0.717) is 0 Å². The van der Waals surface area contributed by atoms with Crippen LogP contribution >= 0.6 is 23.2 Å². The van der Waals surface area contributed by atoms with Crippen molar-refractivity contribution in [2.24, 2.45) is 0 Å². The van der Waals surface area contributed by atoms with E-state index in [-0.39, 0.29) is 11.6 Å². The highest BCUT2D eigenvalue weighted by Crippen LogP contribution is 2.28. The van der Waals surface area contributed by atoms with Crippen LogP contribution in [0.4, 0.5) is 13.2 Å². The van der Waals surface area contributed by atoms with Crippen molar-refractivity contribution in [3.8, 4) is 5.75 Å². The molecule has 0 aliphatic carbocycles. The average Bonchev–Trinajstić information content (AvgIpc) is 2.18. The van der Waals surface area contributed by atoms with Crippen molar-refractivity contribution in [1.29, 1.82) is 0 Å². The molecule has 0 heterocycles. The second-order valence-corrected chi connectivity index (χ2v) is 3.39. The molecule has 6 heteroatoms. The van der Waals surface area contributed by atoms with E-state index >= 15 is 0 Å². The van der Waals surface area contributed by atoms with Gasteiger partial charge in [0.05, 0.1) is 0 Å². The standard InChI is InChI=1S/C9H7Cl2F3O/c10-5-6-1-3-7(4-2-6)15-9(13,14)8(11)12/h1-4,8H,5H2. The summed E-state index contributed by atoms with van der Waals surface area (Å²) in [6.45, 7) is 0. The van der Waals surface area contributed by atoms with Gasteiger partial charge in [0.1, 0.15) is 5.75 Å². The Kier molecular flexibility index (Phi) is 4.11. The monoisotopic (exact) mass is 258 g/mol. The third-order valence-electron chi connectivity index (χ3n) is 1.59. The molecule has 0 amide bonds. The summed E-state index contributed by atoms with van der Waals surface area (Å²) in [5, 5.41) is 0. The Labute approximate surface area is 94.7 Å². The molecule has 0 radical (unpaired) electrons. The zero-order valence-corrected chi connectivity index (χ0v) is 8.90. The maximum atomic E-state index is 12.7. The molecule has 0 spiro atoms. The van der Waals surface area contributed by atoms with E-state index in [2.05, 4.69) is 16.3 Å². The molecular weight excluding hydrogens is 252 g/mol. The third kappa shape index (κ3) is 3.47. The molecule has 0 aliphatic heterocycles. The van der Waals surface area contributed by atoms with E-state index < -0.39 is 11.7 Å². The number of rotatable bonds is 4. The van der Waals surface area contributed by atoms with E-state index in [9.17, 15) is 13.2 Å². The minimum atomic E-state index is -4.04. The maximum absolute atomic E-state index is 12.7. The topological polar surface area (TPSA) is 9.23 Å². The summed E-state index contributed by atoms with van der Waals surface area (Å²) in [6, 6.07) is 5.54. The van der Waals surface area contributed by atoms with Crippen molar-refractivity contribution in [2.75, 3.05) is 0 Å². The summed E-state index contributed by atoms with van der Waals surface area (Å²) in [5.41, 5.74) is -2.14. The van der Waals surface area contributed by atoms with Gasteiger partial charge in [-0.15, -0.1) is 11.6 Å². The highest BCUT2D eigenvalue weighted by molar-refractivity contribution is 6.20. The van der Waals surface area contributed by atoms with Gasteiger partial charge in [-0.3, -0.25) is 0 Å². The molecule has 84 valence electrons. The Balaban J connectivity index is 2.73. The summed E-state index contributed by atoms with van der Waals surface area (Å²) >= 11 is 10.1. The molecule has 0 bridgehead atoms. The van der Waals surface area contributed by atoms with Gasteiger partial charge in [-0.25, -0.2) is 4.39 Å². The van der Waals surface area contributed by atoms with Crippen LogP contribution in [0.5, 0.6) is 5.75 Å². The number of hydrogen-bond acceptors (Lipinski definition) is 1. The predicted octanol–water partition coefficient (Wildman–Crippen LogP) is 3.93. The van der Waals surface area contributed by atoms with Gasteiger partial charge in [0, 0.05) is 5.88 Å². The van der Waals surface area contributed by atoms with Gasteiger partial charge in [0.15, 0.2) is 0 Å². The van der Waals surface area contributed by atoms with E-state index in [0.717, 1.165) is 5.56 Å². The molecule has 0 saturated heterocycles. The lowest BCUT2D eigenvalue weighted by molar-refractivity contribution is -0.199. The minimum Gasteiger partial charge on any atom is -0.429 e. The molecule has 0 aliphatic rings. The number of halogens is 5. The smallest absolute Gasteiger partial charge is 0.429 e. The third-order valence-corrected chi connectivity index (χ3v) is 2.15. The summed E-state index contributed by atoms with van der Waals surface area (Å²) in [7, 11) is 0. The van der Waals surface area contributed by atoms with Crippen molar-refractivity contribution < 1.29 is 17.9 Å². The second-order valence-electron chi connectivity index (χ2n) is 2.74. The van der Waals surface area contributed by atoms with Crippen LogP contribution in [0.2, 0.25) is 0 Å². The summed E-state index contributed by atoms with van der Waals surface area (Å²) in [4.78, 5) is 0. The van der Waals surface area contributed by atoms with E-state index in [1.54, 1.807) is 0 Å². The first-order valence-corrected chi connectivity index (χ1v) is 4.92. The van der Waals surface area contributed by atoms with E-state index in [4.69, 9.17) is 11.6 Å². The lowest BCUT2D eigenvalue weighted by Crippen LogP contribution is -2.32. The normalized spacial score (nSPS) is 13.7. The molecule has 15 heavy (non-hydrogen) atoms. The molecule has 0 fully saturated rings. The molecule has 1 nitrogen and oxygen atoms in total. The second kappa shape index (κ2) is 4.94. The highest BCUT2D eigenvalue weighted by Gasteiger charge is 2.42. The number of benzene rings is 1. The van der Waals surface area contributed by atoms with Crippen molar-refractivity contribution >= 4 is 23.2 Å². The summed E-state index contributed by atoms with van der Waals surface area (Å²) < 4.78 is 41.6. The van der Waals surface area contributed by atoms with Crippen LogP contribution < -0.4 is 4.74 Å². The van der Waals surface area contributed by atoms with Gasteiger partial charge in [0.25, 0.3) is 5.63 Å². The van der Waals surface area contributed by atoms with Crippen molar-refractivity contribution in [3.05, 3.63) is 29.8 Å². The lowest BCUT2D eigenvalue weighted by Gasteiger charge is -2.17. The molecule has 0 N–H and O–H groups in total. The molecule has 1 unspecified atom stereocenters. The van der Waals surface area contributed by atoms with Crippen LogP contribution in [0, 0.1) is 0 Å². The lowest BCUT2D eigenvalue weighted by atomic mass is 10.2. The van der Waals surface area contributed by atoms with Crippen LogP contribution in [-0.2, 0) is 5.88 Å². The number of hydrogen-bond donors (Lipinski definition) is 0. The summed E-state index contributed by atoms with van der Waals surface area (Å²) in [5.74, 6) is 0.0925. The molecular formula is C9H7Cl2F3O. The number of ether oxygens (including phenoxy) is 1. The van der Waals surface area contributed by atoms with Crippen molar-refractivity contribution in [1.82, 2.24) is 0 Å². The van der Waals surface area contributed by atoms with Gasteiger partial charge in [0.2, 0.25) is 0 Å². The first kappa shape index (κ1) is 12.5. The minimum absolute atomic E-state index is 0.169. The zero-order valence-electron chi connectivity index (χ0n) is 7.39. The highest BCUT2D eigenvalue weighted by atomic mass is 35.5. The van der Waals surface area contributed by atoms with Gasteiger partial charge < -0.3 is 4.74 Å². The van der Waals surface area contributed by atoms with Crippen LogP contribution in [0.15, 0.2) is 24.3 Å². The number of alkyl halides is 5. The maximum Gasteiger partial charge on any atom is 0.444 e. The Morgan fingerprint density at radius 3 is 2.20 bits per heavy atom. The molecule has 1 rings (SSSR count). The molecule has 0 aromatic heterocycles. The fourth-order valence-electron chi connectivity index (χ4n) is 0.848. The first-order valence-electron chi connectivity index (χ1n) is 3.95. The molecule has 1 aromatic rings. The van der Waals surface area contributed by atoms with Gasteiger partial charge in [-0.05, 0) is 17.7 Å². The molecule has 0 saturated carbocycles. The van der Waals surface area contributed by atoms with Crippen LogP contribution in [0.25, 0.3) is 0 Å². The Morgan fingerprint density at radius 2 is 1.80 bits per heavy atom. The zero-order chi connectivity index (χ0) is 11.5. The predicted molar refractivity (Wildman–Crippen MR) is 52.3 cm³/mol. The van der Waals surface area contributed by atoms with E-state index in [1.807, 2.05) is 0 Å². The Hall–Kier alpha value is -0.610. The fourth-order valence-corrected chi connectivity index (χ4v) is 1.07. The largest absolute Gasteiger partial charge is 0.444 e. The van der Waals surface area contributed by atoms with E-state index in [1.165, 1.54) is 24.3 Å². The van der Waals surface area contributed by atoms with Crippen LogP contribution in [0.3, 0.4) is 0 Å². The van der Waals surface area contributed by atoms with Gasteiger partial charge in [-0.1, -0.05) is 23.7 Å². The molecule has 1 aromatic carbocycles. The Morgan fingerprint density at radius 1 is 1.27 bits per heavy atom. The van der Waals surface area contributed by atoms with Gasteiger partial charge in [-0.2, -0.15) is 8.78 Å². The molecule has 1 atom stereocenters.